The Labute approximate surface area is 128 Å². The fraction of sp³-hybridized carbons (Fsp3) is 0.611. The first-order valence-corrected chi connectivity index (χ1v) is 8.18. The topological polar surface area (TPSA) is 38.3 Å². The summed E-state index contributed by atoms with van der Waals surface area (Å²) in [6, 6.07) is 8.15. The number of carbonyl (C=O) groups excluding carboxylic acids is 1. The summed E-state index contributed by atoms with van der Waals surface area (Å²) in [4.78, 5) is 12.1. The Morgan fingerprint density at radius 1 is 1.33 bits per heavy atom. The van der Waals surface area contributed by atoms with Gasteiger partial charge in [-0.05, 0) is 43.7 Å². The summed E-state index contributed by atoms with van der Waals surface area (Å²) in [6.07, 6.45) is 7.33. The van der Waals surface area contributed by atoms with Gasteiger partial charge in [0.1, 0.15) is 5.75 Å². The lowest BCUT2D eigenvalue weighted by molar-refractivity contribution is -0.124. The summed E-state index contributed by atoms with van der Waals surface area (Å²) in [7, 11) is 0. The molecule has 2 atom stereocenters. The summed E-state index contributed by atoms with van der Waals surface area (Å²) in [5.74, 6) is 1.46. The molecule has 2 unspecified atom stereocenters. The molecular formula is C18H27NO2. The number of benzene rings is 1. The average molecular weight is 289 g/mol. The molecule has 1 aliphatic rings. The Balaban J connectivity index is 1.77. The van der Waals surface area contributed by atoms with E-state index in [-0.39, 0.29) is 12.5 Å². The van der Waals surface area contributed by atoms with Gasteiger partial charge in [-0.3, -0.25) is 4.79 Å². The van der Waals surface area contributed by atoms with E-state index >= 15 is 0 Å². The highest BCUT2D eigenvalue weighted by molar-refractivity contribution is 5.78. The van der Waals surface area contributed by atoms with Crippen LogP contribution < -0.4 is 10.1 Å². The Kier molecular flexibility index (Phi) is 6.09. The maximum Gasteiger partial charge on any atom is 0.258 e. The van der Waals surface area contributed by atoms with Crippen LogP contribution in [0.1, 0.15) is 51.0 Å². The van der Waals surface area contributed by atoms with Crippen LogP contribution in [0.5, 0.6) is 5.75 Å². The molecule has 0 saturated heterocycles. The molecule has 0 aromatic heterocycles. The predicted molar refractivity (Wildman–Crippen MR) is 85.5 cm³/mol. The van der Waals surface area contributed by atoms with E-state index in [1.54, 1.807) is 0 Å². The van der Waals surface area contributed by atoms with E-state index in [1.165, 1.54) is 32.1 Å². The molecule has 2 rings (SSSR count). The van der Waals surface area contributed by atoms with Gasteiger partial charge in [0.25, 0.3) is 5.91 Å². The van der Waals surface area contributed by atoms with Crippen molar-refractivity contribution < 1.29 is 9.53 Å². The number of ether oxygens (including phenoxy) is 1. The summed E-state index contributed by atoms with van der Waals surface area (Å²) in [5, 5.41) is 3.16. The molecule has 3 heteroatoms. The Hall–Kier alpha value is -1.51. The standard InChI is InChI=1S/C18H27NO2/c1-3-4-9-15-10-7-11-16(15)19-18(20)13-21-17-12-6-5-8-14(17)2/h5-6,8,12,15-16H,3-4,7,9-11,13H2,1-2H3,(H,19,20). The lowest BCUT2D eigenvalue weighted by Gasteiger charge is -2.21. The van der Waals surface area contributed by atoms with Gasteiger partial charge in [0.05, 0.1) is 0 Å². The number of amides is 1. The van der Waals surface area contributed by atoms with Gasteiger partial charge in [0.2, 0.25) is 0 Å². The van der Waals surface area contributed by atoms with Crippen molar-refractivity contribution in [2.24, 2.45) is 5.92 Å². The maximum atomic E-state index is 12.1. The van der Waals surface area contributed by atoms with Gasteiger partial charge in [0, 0.05) is 6.04 Å². The van der Waals surface area contributed by atoms with Crippen LogP contribution in [0, 0.1) is 12.8 Å². The molecule has 0 radical (unpaired) electrons. The van der Waals surface area contributed by atoms with Crippen molar-refractivity contribution in [3.8, 4) is 5.75 Å². The van der Waals surface area contributed by atoms with Crippen molar-refractivity contribution in [2.75, 3.05) is 6.61 Å². The molecule has 1 fully saturated rings. The number of unbranched alkanes of at least 4 members (excludes halogenated alkanes) is 1. The van der Waals surface area contributed by atoms with Crippen LogP contribution in [0.3, 0.4) is 0 Å². The quantitative estimate of drug-likeness (QED) is 0.828. The first-order chi connectivity index (χ1) is 10.2. The lowest BCUT2D eigenvalue weighted by atomic mass is 9.97. The number of hydrogen-bond donors (Lipinski definition) is 1. The predicted octanol–water partition coefficient (Wildman–Crippen LogP) is 3.85. The van der Waals surface area contributed by atoms with Crippen molar-refractivity contribution >= 4 is 5.91 Å². The number of hydrogen-bond acceptors (Lipinski definition) is 2. The monoisotopic (exact) mass is 289 g/mol. The van der Waals surface area contributed by atoms with Crippen LogP contribution in [0.25, 0.3) is 0 Å². The SMILES string of the molecule is CCCCC1CCCC1NC(=O)COc1ccccc1C. The maximum absolute atomic E-state index is 12.1. The Morgan fingerprint density at radius 3 is 2.90 bits per heavy atom. The third-order valence-corrected chi connectivity index (χ3v) is 4.39. The third-order valence-electron chi connectivity index (χ3n) is 4.39. The van der Waals surface area contributed by atoms with Crippen molar-refractivity contribution in [3.05, 3.63) is 29.8 Å². The van der Waals surface area contributed by atoms with Crippen molar-refractivity contribution in [3.63, 3.8) is 0 Å². The summed E-state index contributed by atoms with van der Waals surface area (Å²) >= 11 is 0. The second-order valence-electron chi connectivity index (χ2n) is 6.06. The average Bonchev–Trinajstić information content (AvgIpc) is 2.91. The number of rotatable bonds is 7. The molecule has 1 aliphatic carbocycles. The van der Waals surface area contributed by atoms with E-state index in [9.17, 15) is 4.79 Å². The smallest absolute Gasteiger partial charge is 0.258 e. The number of para-hydroxylation sites is 1. The van der Waals surface area contributed by atoms with Gasteiger partial charge in [-0.2, -0.15) is 0 Å². The van der Waals surface area contributed by atoms with Crippen LogP contribution in [0.15, 0.2) is 24.3 Å². The molecule has 1 saturated carbocycles. The molecule has 0 spiro atoms. The number of carbonyl (C=O) groups is 1. The summed E-state index contributed by atoms with van der Waals surface area (Å²) in [6.45, 7) is 4.32. The minimum Gasteiger partial charge on any atom is -0.484 e. The fourth-order valence-corrected chi connectivity index (χ4v) is 3.15. The summed E-state index contributed by atoms with van der Waals surface area (Å²) < 4.78 is 5.61. The van der Waals surface area contributed by atoms with E-state index < -0.39 is 0 Å². The molecule has 0 aliphatic heterocycles. The molecule has 0 heterocycles. The zero-order valence-electron chi connectivity index (χ0n) is 13.2. The first kappa shape index (κ1) is 15.9. The molecule has 1 aromatic rings. The van der Waals surface area contributed by atoms with E-state index in [1.807, 2.05) is 31.2 Å². The third kappa shape index (κ3) is 4.76. The molecule has 1 amide bonds. The zero-order valence-corrected chi connectivity index (χ0v) is 13.2. The van der Waals surface area contributed by atoms with Crippen LogP contribution in [-0.4, -0.2) is 18.6 Å². The van der Waals surface area contributed by atoms with Gasteiger partial charge in [0.15, 0.2) is 6.61 Å². The normalized spacial score (nSPS) is 21.2. The van der Waals surface area contributed by atoms with Gasteiger partial charge in [-0.15, -0.1) is 0 Å². The van der Waals surface area contributed by atoms with Crippen molar-refractivity contribution in [2.45, 2.75) is 58.4 Å². The molecule has 1 N–H and O–H groups in total. The molecular weight excluding hydrogens is 262 g/mol. The second kappa shape index (κ2) is 8.06. The largest absolute Gasteiger partial charge is 0.484 e. The first-order valence-electron chi connectivity index (χ1n) is 8.18. The van der Waals surface area contributed by atoms with Crippen LogP contribution in [0.4, 0.5) is 0 Å². The van der Waals surface area contributed by atoms with E-state index in [0.29, 0.717) is 12.0 Å². The second-order valence-corrected chi connectivity index (χ2v) is 6.06. The fourth-order valence-electron chi connectivity index (χ4n) is 3.15. The number of aryl methyl sites for hydroxylation is 1. The highest BCUT2D eigenvalue weighted by atomic mass is 16.5. The summed E-state index contributed by atoms with van der Waals surface area (Å²) in [5.41, 5.74) is 1.06. The van der Waals surface area contributed by atoms with E-state index in [4.69, 9.17) is 4.74 Å². The molecule has 116 valence electrons. The van der Waals surface area contributed by atoms with Crippen LogP contribution in [-0.2, 0) is 4.79 Å². The molecule has 21 heavy (non-hydrogen) atoms. The van der Waals surface area contributed by atoms with Gasteiger partial charge < -0.3 is 10.1 Å². The lowest BCUT2D eigenvalue weighted by Crippen LogP contribution is -2.40. The highest BCUT2D eigenvalue weighted by Gasteiger charge is 2.27. The number of nitrogens with one attached hydrogen (secondary N) is 1. The van der Waals surface area contributed by atoms with Gasteiger partial charge >= 0.3 is 0 Å². The molecule has 3 nitrogen and oxygen atoms in total. The zero-order chi connectivity index (χ0) is 15.1. The van der Waals surface area contributed by atoms with Crippen LogP contribution >= 0.6 is 0 Å². The van der Waals surface area contributed by atoms with Crippen molar-refractivity contribution in [1.29, 1.82) is 0 Å². The molecule has 0 bridgehead atoms. The van der Waals surface area contributed by atoms with E-state index in [2.05, 4.69) is 12.2 Å². The van der Waals surface area contributed by atoms with Crippen LogP contribution in [0.2, 0.25) is 0 Å². The van der Waals surface area contributed by atoms with Crippen molar-refractivity contribution in [1.82, 2.24) is 5.32 Å². The highest BCUT2D eigenvalue weighted by Crippen LogP contribution is 2.29. The molecule has 1 aromatic carbocycles. The van der Waals surface area contributed by atoms with Gasteiger partial charge in [-0.1, -0.05) is 44.4 Å². The Morgan fingerprint density at radius 2 is 2.14 bits per heavy atom. The Bertz CT molecular complexity index is 458. The minimum absolute atomic E-state index is 0.00616. The minimum atomic E-state index is 0.00616. The van der Waals surface area contributed by atoms with Gasteiger partial charge in [-0.25, -0.2) is 0 Å². The van der Waals surface area contributed by atoms with E-state index in [0.717, 1.165) is 17.7 Å².